The average Bonchev–Trinajstić information content (AvgIpc) is 1.99. The van der Waals surface area contributed by atoms with Crippen LogP contribution in [0.15, 0.2) is 12.3 Å². The summed E-state index contributed by atoms with van der Waals surface area (Å²) in [6, 6.07) is 1.83. The first-order chi connectivity index (χ1) is 5.25. The molecule has 2 heteroatoms. The van der Waals surface area contributed by atoms with Gasteiger partial charge in [0.25, 0.3) is 0 Å². The van der Waals surface area contributed by atoms with Gasteiger partial charge in [0.1, 0.15) is 0 Å². The third-order valence-corrected chi connectivity index (χ3v) is 2.14. The first-order valence-electron chi connectivity index (χ1n) is 3.85. The van der Waals surface area contributed by atoms with Crippen molar-refractivity contribution >= 4 is 11.6 Å². The smallest absolute Gasteiger partial charge is 0.0468 e. The van der Waals surface area contributed by atoms with Crippen molar-refractivity contribution in [2.75, 3.05) is 0 Å². The molecule has 1 aromatic heterocycles. The minimum atomic E-state index is 0.823. The second-order valence-electron chi connectivity index (χ2n) is 2.61. The molecule has 1 rings (SSSR count). The van der Waals surface area contributed by atoms with E-state index in [1.807, 2.05) is 13.0 Å². The number of hydrogen-bond donors (Lipinski definition) is 0. The summed E-state index contributed by atoms with van der Waals surface area (Å²) < 4.78 is 0. The second-order valence-corrected chi connectivity index (χ2v) is 3.02. The quantitative estimate of drug-likeness (QED) is 0.664. The summed E-state index contributed by atoms with van der Waals surface area (Å²) in [6.45, 7) is 4.16. The Morgan fingerprint density at radius 3 is 2.91 bits per heavy atom. The summed E-state index contributed by atoms with van der Waals surface area (Å²) in [5, 5.41) is 0.823. The van der Waals surface area contributed by atoms with Gasteiger partial charge < -0.3 is 0 Å². The Labute approximate surface area is 72.4 Å². The van der Waals surface area contributed by atoms with Gasteiger partial charge in [-0.05, 0) is 25.0 Å². The van der Waals surface area contributed by atoms with E-state index in [1.54, 1.807) is 6.20 Å². The highest BCUT2D eigenvalue weighted by Gasteiger charge is 2.00. The van der Waals surface area contributed by atoms with E-state index >= 15 is 0 Å². The highest BCUT2D eigenvalue weighted by Crippen LogP contribution is 2.17. The van der Waals surface area contributed by atoms with Crippen molar-refractivity contribution < 1.29 is 0 Å². The predicted molar refractivity (Wildman–Crippen MR) is 48.0 cm³/mol. The summed E-state index contributed by atoms with van der Waals surface area (Å²) in [5.74, 6) is 0. The lowest BCUT2D eigenvalue weighted by molar-refractivity contribution is 0.871. The van der Waals surface area contributed by atoms with Crippen molar-refractivity contribution in [1.29, 1.82) is 0 Å². The summed E-state index contributed by atoms with van der Waals surface area (Å²) in [5.41, 5.74) is 2.25. The van der Waals surface area contributed by atoms with E-state index in [-0.39, 0.29) is 0 Å². The van der Waals surface area contributed by atoms with Gasteiger partial charge in [0.2, 0.25) is 0 Å². The number of pyridine rings is 1. The SMILES string of the molecule is CCCc1nccc(Cl)c1C. The second kappa shape index (κ2) is 3.72. The lowest BCUT2D eigenvalue weighted by Gasteiger charge is -2.03. The molecular formula is C9H12ClN. The molecule has 0 N–H and O–H groups in total. The molecule has 60 valence electrons. The first kappa shape index (κ1) is 8.54. The van der Waals surface area contributed by atoms with Gasteiger partial charge in [-0.2, -0.15) is 0 Å². The van der Waals surface area contributed by atoms with E-state index in [0.717, 1.165) is 29.1 Å². The largest absolute Gasteiger partial charge is 0.261 e. The molecule has 0 unspecified atom stereocenters. The van der Waals surface area contributed by atoms with Crippen molar-refractivity contribution in [3.05, 3.63) is 28.5 Å². The number of nitrogens with zero attached hydrogens (tertiary/aromatic N) is 1. The van der Waals surface area contributed by atoms with Crippen LogP contribution in [0.25, 0.3) is 0 Å². The summed E-state index contributed by atoms with van der Waals surface area (Å²) >= 11 is 5.91. The number of hydrogen-bond acceptors (Lipinski definition) is 1. The number of halogens is 1. The van der Waals surface area contributed by atoms with Crippen LogP contribution >= 0.6 is 11.6 Å². The highest BCUT2D eigenvalue weighted by atomic mass is 35.5. The molecule has 0 fully saturated rings. The van der Waals surface area contributed by atoms with Gasteiger partial charge in [0.15, 0.2) is 0 Å². The molecule has 11 heavy (non-hydrogen) atoms. The number of rotatable bonds is 2. The molecule has 1 nitrogen and oxygen atoms in total. The topological polar surface area (TPSA) is 12.9 Å². The van der Waals surface area contributed by atoms with E-state index in [2.05, 4.69) is 11.9 Å². The average molecular weight is 170 g/mol. The van der Waals surface area contributed by atoms with Gasteiger partial charge in [0.05, 0.1) is 0 Å². The maximum Gasteiger partial charge on any atom is 0.0468 e. The molecule has 0 amide bonds. The van der Waals surface area contributed by atoms with Crippen LogP contribution in [-0.4, -0.2) is 4.98 Å². The molecule has 0 saturated carbocycles. The molecule has 0 bridgehead atoms. The van der Waals surface area contributed by atoms with Crippen LogP contribution in [0, 0.1) is 6.92 Å². The predicted octanol–water partition coefficient (Wildman–Crippen LogP) is 3.00. The van der Waals surface area contributed by atoms with Gasteiger partial charge in [-0.3, -0.25) is 4.98 Å². The van der Waals surface area contributed by atoms with Crippen molar-refractivity contribution in [3.8, 4) is 0 Å². The fraction of sp³-hybridized carbons (Fsp3) is 0.444. The molecule has 0 radical (unpaired) electrons. The Bertz CT molecular complexity index is 245. The van der Waals surface area contributed by atoms with E-state index in [1.165, 1.54) is 0 Å². The Kier molecular flexibility index (Phi) is 2.89. The van der Waals surface area contributed by atoms with Crippen LogP contribution in [0.4, 0.5) is 0 Å². The van der Waals surface area contributed by atoms with Gasteiger partial charge in [-0.25, -0.2) is 0 Å². The number of aryl methyl sites for hydroxylation is 1. The molecule has 0 aliphatic rings. The van der Waals surface area contributed by atoms with Gasteiger partial charge in [-0.15, -0.1) is 0 Å². The molecule has 0 aliphatic heterocycles. The molecular weight excluding hydrogens is 158 g/mol. The zero-order valence-corrected chi connectivity index (χ0v) is 7.65. The molecule has 0 atom stereocenters. The highest BCUT2D eigenvalue weighted by molar-refractivity contribution is 6.31. The Balaban J connectivity index is 2.96. The molecule has 0 aliphatic carbocycles. The third-order valence-electron chi connectivity index (χ3n) is 1.73. The van der Waals surface area contributed by atoms with E-state index in [4.69, 9.17) is 11.6 Å². The summed E-state index contributed by atoms with van der Waals surface area (Å²) in [7, 11) is 0. The fourth-order valence-electron chi connectivity index (χ4n) is 1.04. The van der Waals surface area contributed by atoms with Crippen molar-refractivity contribution in [1.82, 2.24) is 4.98 Å². The standard InChI is InChI=1S/C9H12ClN/c1-3-4-9-7(2)8(10)5-6-11-9/h5-6H,3-4H2,1-2H3. The van der Waals surface area contributed by atoms with Crippen molar-refractivity contribution in [2.45, 2.75) is 26.7 Å². The van der Waals surface area contributed by atoms with E-state index in [9.17, 15) is 0 Å². The third kappa shape index (κ3) is 1.93. The van der Waals surface area contributed by atoms with E-state index in [0.29, 0.717) is 0 Å². The molecule has 0 aromatic carbocycles. The van der Waals surface area contributed by atoms with Crippen molar-refractivity contribution in [3.63, 3.8) is 0 Å². The van der Waals surface area contributed by atoms with Crippen LogP contribution in [-0.2, 0) is 6.42 Å². The van der Waals surface area contributed by atoms with Crippen LogP contribution in [0.3, 0.4) is 0 Å². The molecule has 0 saturated heterocycles. The van der Waals surface area contributed by atoms with Crippen LogP contribution < -0.4 is 0 Å². The summed E-state index contributed by atoms with van der Waals surface area (Å²) in [4.78, 5) is 4.24. The van der Waals surface area contributed by atoms with E-state index < -0.39 is 0 Å². The van der Waals surface area contributed by atoms with Crippen LogP contribution in [0.2, 0.25) is 5.02 Å². The molecule has 1 heterocycles. The maximum absolute atomic E-state index is 5.91. The Morgan fingerprint density at radius 1 is 1.55 bits per heavy atom. The van der Waals surface area contributed by atoms with Gasteiger partial charge >= 0.3 is 0 Å². The Hall–Kier alpha value is -0.560. The monoisotopic (exact) mass is 169 g/mol. The van der Waals surface area contributed by atoms with Crippen LogP contribution in [0.5, 0.6) is 0 Å². The number of aromatic nitrogens is 1. The zero-order valence-electron chi connectivity index (χ0n) is 6.89. The zero-order chi connectivity index (χ0) is 8.27. The minimum absolute atomic E-state index is 0.823. The Morgan fingerprint density at radius 2 is 2.27 bits per heavy atom. The normalized spacial score (nSPS) is 10.1. The lowest BCUT2D eigenvalue weighted by atomic mass is 10.1. The first-order valence-corrected chi connectivity index (χ1v) is 4.23. The van der Waals surface area contributed by atoms with Gasteiger partial charge in [-0.1, -0.05) is 24.9 Å². The maximum atomic E-state index is 5.91. The lowest BCUT2D eigenvalue weighted by Crippen LogP contribution is -1.92. The summed E-state index contributed by atoms with van der Waals surface area (Å²) in [6.07, 6.45) is 3.90. The van der Waals surface area contributed by atoms with Crippen LogP contribution in [0.1, 0.15) is 24.6 Å². The molecule has 1 aromatic rings. The molecule has 0 spiro atoms. The fourth-order valence-corrected chi connectivity index (χ4v) is 1.21. The minimum Gasteiger partial charge on any atom is -0.261 e. The van der Waals surface area contributed by atoms with Gasteiger partial charge in [0, 0.05) is 16.9 Å². The van der Waals surface area contributed by atoms with Crippen molar-refractivity contribution in [2.24, 2.45) is 0 Å².